The highest BCUT2D eigenvalue weighted by Gasteiger charge is 2.12. The molecule has 3 rings (SSSR count). The van der Waals surface area contributed by atoms with Gasteiger partial charge in [0.05, 0.1) is 18.2 Å². The second kappa shape index (κ2) is 5.70. The van der Waals surface area contributed by atoms with Gasteiger partial charge in [-0.25, -0.2) is 0 Å². The number of fused-ring (bicyclic) bond motifs is 1. The zero-order valence-electron chi connectivity index (χ0n) is 11.9. The second-order valence-corrected chi connectivity index (χ2v) is 5.31. The third-order valence-corrected chi connectivity index (χ3v) is 3.72. The summed E-state index contributed by atoms with van der Waals surface area (Å²) in [5, 5.41) is 5.09. The predicted molar refractivity (Wildman–Crippen MR) is 86.3 cm³/mol. The van der Waals surface area contributed by atoms with E-state index < -0.39 is 0 Å². The minimum Gasteiger partial charge on any atom is -0.495 e. The molecule has 108 valence electrons. The van der Waals surface area contributed by atoms with Gasteiger partial charge in [0, 0.05) is 17.1 Å². The molecule has 0 aliphatic rings. The average molecular weight is 302 g/mol. The fourth-order valence-corrected chi connectivity index (χ4v) is 2.48. The fourth-order valence-electron chi connectivity index (χ4n) is 2.29. The van der Waals surface area contributed by atoms with Crippen molar-refractivity contribution in [2.45, 2.75) is 13.0 Å². The van der Waals surface area contributed by atoms with E-state index in [1.165, 1.54) is 0 Å². The van der Waals surface area contributed by atoms with Gasteiger partial charge in [0.1, 0.15) is 17.1 Å². The van der Waals surface area contributed by atoms with Crippen LogP contribution in [0.15, 0.2) is 52.9 Å². The zero-order valence-corrected chi connectivity index (χ0v) is 12.6. The van der Waals surface area contributed by atoms with Gasteiger partial charge in [-0.1, -0.05) is 29.8 Å². The van der Waals surface area contributed by atoms with Crippen molar-refractivity contribution in [1.82, 2.24) is 0 Å². The summed E-state index contributed by atoms with van der Waals surface area (Å²) in [5.74, 6) is 1.54. The summed E-state index contributed by atoms with van der Waals surface area (Å²) in [4.78, 5) is 0. The molecular weight excluding hydrogens is 286 g/mol. The van der Waals surface area contributed by atoms with Gasteiger partial charge >= 0.3 is 0 Å². The van der Waals surface area contributed by atoms with E-state index in [0.717, 1.165) is 22.4 Å². The summed E-state index contributed by atoms with van der Waals surface area (Å²) < 4.78 is 11.1. The summed E-state index contributed by atoms with van der Waals surface area (Å²) in [6.07, 6.45) is 0. The Balaban J connectivity index is 1.83. The number of rotatable bonds is 4. The number of halogens is 1. The maximum atomic E-state index is 6.03. The van der Waals surface area contributed by atoms with E-state index in [9.17, 15) is 0 Å². The molecule has 0 aliphatic carbocycles. The van der Waals surface area contributed by atoms with Crippen LogP contribution in [0.25, 0.3) is 11.0 Å². The normalized spacial score (nSPS) is 12.3. The third-order valence-electron chi connectivity index (χ3n) is 3.41. The minimum absolute atomic E-state index is 0.0447. The lowest BCUT2D eigenvalue weighted by Crippen LogP contribution is -2.05. The SMILES string of the molecule is COc1cc(NC(C)c2cc3ccccc3o2)ccc1Cl. The van der Waals surface area contributed by atoms with Crippen LogP contribution in [-0.4, -0.2) is 7.11 Å². The highest BCUT2D eigenvalue weighted by atomic mass is 35.5. The largest absolute Gasteiger partial charge is 0.495 e. The fraction of sp³-hybridized carbons (Fsp3) is 0.176. The quantitative estimate of drug-likeness (QED) is 0.713. The van der Waals surface area contributed by atoms with Crippen LogP contribution in [-0.2, 0) is 0 Å². The van der Waals surface area contributed by atoms with E-state index >= 15 is 0 Å². The van der Waals surface area contributed by atoms with Crippen LogP contribution in [0.2, 0.25) is 5.02 Å². The Morgan fingerprint density at radius 3 is 2.71 bits per heavy atom. The van der Waals surface area contributed by atoms with Crippen LogP contribution >= 0.6 is 11.6 Å². The summed E-state index contributed by atoms with van der Waals surface area (Å²) in [7, 11) is 1.60. The molecule has 0 radical (unpaired) electrons. The van der Waals surface area contributed by atoms with Gasteiger partial charge in [0.15, 0.2) is 0 Å². The van der Waals surface area contributed by atoms with Crippen molar-refractivity contribution in [2.75, 3.05) is 12.4 Å². The van der Waals surface area contributed by atoms with Gasteiger partial charge in [0.2, 0.25) is 0 Å². The minimum atomic E-state index is 0.0447. The smallest absolute Gasteiger partial charge is 0.139 e. The highest BCUT2D eigenvalue weighted by molar-refractivity contribution is 6.32. The van der Waals surface area contributed by atoms with E-state index in [-0.39, 0.29) is 6.04 Å². The molecule has 1 aromatic heterocycles. The van der Waals surface area contributed by atoms with Crippen LogP contribution in [0.5, 0.6) is 5.75 Å². The number of furan rings is 1. The molecule has 0 bridgehead atoms. The van der Waals surface area contributed by atoms with Crippen molar-refractivity contribution in [3.63, 3.8) is 0 Å². The molecule has 0 fully saturated rings. The molecule has 0 amide bonds. The molecule has 0 saturated carbocycles. The zero-order chi connectivity index (χ0) is 14.8. The monoisotopic (exact) mass is 301 g/mol. The van der Waals surface area contributed by atoms with Crippen molar-refractivity contribution >= 4 is 28.3 Å². The van der Waals surface area contributed by atoms with Crippen molar-refractivity contribution < 1.29 is 9.15 Å². The Labute approximate surface area is 128 Å². The van der Waals surface area contributed by atoms with Crippen LogP contribution in [0, 0.1) is 0 Å². The Kier molecular flexibility index (Phi) is 3.76. The number of para-hydroxylation sites is 1. The molecule has 0 saturated heterocycles. The molecule has 3 nitrogen and oxygen atoms in total. The van der Waals surface area contributed by atoms with Crippen molar-refractivity contribution in [3.05, 3.63) is 59.3 Å². The first-order valence-corrected chi connectivity index (χ1v) is 7.14. The van der Waals surface area contributed by atoms with Crippen LogP contribution in [0.1, 0.15) is 18.7 Å². The molecule has 2 aromatic carbocycles. The molecule has 1 unspecified atom stereocenters. The van der Waals surface area contributed by atoms with Gasteiger partial charge in [-0.05, 0) is 31.2 Å². The van der Waals surface area contributed by atoms with Crippen LogP contribution in [0.3, 0.4) is 0 Å². The first kappa shape index (κ1) is 13.8. The highest BCUT2D eigenvalue weighted by Crippen LogP contribution is 2.30. The molecule has 0 aliphatic heterocycles. The Morgan fingerprint density at radius 2 is 1.95 bits per heavy atom. The lowest BCUT2D eigenvalue weighted by Gasteiger charge is -2.14. The lowest BCUT2D eigenvalue weighted by atomic mass is 10.2. The van der Waals surface area contributed by atoms with Gasteiger partial charge in [0.25, 0.3) is 0 Å². The van der Waals surface area contributed by atoms with Gasteiger partial charge in [-0.3, -0.25) is 0 Å². The molecule has 3 aromatic rings. The summed E-state index contributed by atoms with van der Waals surface area (Å²) in [5.41, 5.74) is 1.83. The standard InChI is InChI=1S/C17H16ClNO2/c1-11(16-9-12-5-3-4-6-15(12)21-16)19-13-7-8-14(18)17(10-13)20-2/h3-11,19H,1-2H3. The Hall–Kier alpha value is -2.13. The molecule has 4 heteroatoms. The van der Waals surface area contributed by atoms with Crippen LogP contribution in [0.4, 0.5) is 5.69 Å². The molecule has 1 N–H and O–H groups in total. The molecular formula is C17H16ClNO2. The van der Waals surface area contributed by atoms with Crippen molar-refractivity contribution in [1.29, 1.82) is 0 Å². The molecule has 21 heavy (non-hydrogen) atoms. The number of hydrogen-bond donors (Lipinski definition) is 1. The number of hydrogen-bond acceptors (Lipinski definition) is 3. The van der Waals surface area contributed by atoms with E-state index in [4.69, 9.17) is 20.8 Å². The van der Waals surface area contributed by atoms with Crippen LogP contribution < -0.4 is 10.1 Å². The Bertz CT molecular complexity index is 733. The second-order valence-electron chi connectivity index (χ2n) is 4.90. The molecule has 0 spiro atoms. The van der Waals surface area contributed by atoms with Crippen molar-refractivity contribution in [2.24, 2.45) is 0 Å². The summed E-state index contributed by atoms with van der Waals surface area (Å²) in [6, 6.07) is 15.7. The third kappa shape index (κ3) is 2.83. The lowest BCUT2D eigenvalue weighted by molar-refractivity contribution is 0.415. The first-order chi connectivity index (χ1) is 10.2. The number of ether oxygens (including phenoxy) is 1. The van der Waals surface area contributed by atoms with Gasteiger partial charge in [-0.15, -0.1) is 0 Å². The predicted octanol–water partition coefficient (Wildman–Crippen LogP) is 5.27. The Morgan fingerprint density at radius 1 is 1.14 bits per heavy atom. The van der Waals surface area contributed by atoms with E-state index in [1.54, 1.807) is 7.11 Å². The van der Waals surface area contributed by atoms with Gasteiger partial charge < -0.3 is 14.5 Å². The summed E-state index contributed by atoms with van der Waals surface area (Å²) in [6.45, 7) is 2.05. The number of anilines is 1. The average Bonchev–Trinajstić information content (AvgIpc) is 2.93. The van der Waals surface area contributed by atoms with Gasteiger partial charge in [-0.2, -0.15) is 0 Å². The van der Waals surface area contributed by atoms with Crippen molar-refractivity contribution in [3.8, 4) is 5.75 Å². The van der Waals surface area contributed by atoms with E-state index in [1.807, 2.05) is 42.5 Å². The number of methoxy groups -OCH3 is 1. The maximum absolute atomic E-state index is 6.03. The number of nitrogens with one attached hydrogen (secondary N) is 1. The molecule has 1 atom stereocenters. The first-order valence-electron chi connectivity index (χ1n) is 6.76. The molecule has 1 heterocycles. The number of benzene rings is 2. The summed E-state index contributed by atoms with van der Waals surface area (Å²) >= 11 is 6.03. The van der Waals surface area contributed by atoms with E-state index in [2.05, 4.69) is 18.3 Å². The van der Waals surface area contributed by atoms with E-state index in [0.29, 0.717) is 10.8 Å². The topological polar surface area (TPSA) is 34.4 Å². The maximum Gasteiger partial charge on any atom is 0.139 e.